The highest BCUT2D eigenvalue weighted by atomic mass is 16.1. The minimum atomic E-state index is -0.0438. The van der Waals surface area contributed by atoms with Crippen LogP contribution in [0, 0.1) is 0 Å². The largest absolute Gasteiger partial charge is 0.299 e. The normalized spacial score (nSPS) is 20.2. The van der Waals surface area contributed by atoms with Crippen LogP contribution in [0.5, 0.6) is 0 Å². The van der Waals surface area contributed by atoms with Crippen LogP contribution in [0.1, 0.15) is 43.7 Å². The van der Waals surface area contributed by atoms with E-state index in [9.17, 15) is 4.79 Å². The van der Waals surface area contributed by atoms with Crippen molar-refractivity contribution in [2.24, 2.45) is 0 Å². The summed E-state index contributed by atoms with van der Waals surface area (Å²) in [6, 6.07) is 9.88. The Morgan fingerprint density at radius 2 is 1.95 bits per heavy atom. The van der Waals surface area contributed by atoms with Gasteiger partial charge >= 0.3 is 0 Å². The van der Waals surface area contributed by atoms with Gasteiger partial charge in [-0.3, -0.25) is 4.79 Å². The van der Waals surface area contributed by atoms with Crippen LogP contribution in [-0.4, -0.2) is 20.8 Å². The highest BCUT2D eigenvalue weighted by Gasteiger charge is 2.26. The minimum Gasteiger partial charge on any atom is -0.299 e. The monoisotopic (exact) mass is 255 g/mol. The van der Waals surface area contributed by atoms with Crippen LogP contribution in [0.3, 0.4) is 0 Å². The Labute approximate surface area is 112 Å². The van der Waals surface area contributed by atoms with Crippen LogP contribution in [0.2, 0.25) is 0 Å². The number of carbonyl (C=O) groups excluding carboxylic acids is 1. The van der Waals surface area contributed by atoms with Crippen molar-refractivity contribution in [3.8, 4) is 5.69 Å². The summed E-state index contributed by atoms with van der Waals surface area (Å²) in [6.07, 6.45) is 6.61. The van der Waals surface area contributed by atoms with Gasteiger partial charge in [-0.05, 0) is 25.0 Å². The molecule has 1 aliphatic carbocycles. The lowest BCUT2D eigenvalue weighted by atomic mass is 9.95. The molecule has 0 aliphatic heterocycles. The fraction of sp³-hybridized carbons (Fsp3) is 0.400. The van der Waals surface area contributed by atoms with Crippen LogP contribution in [-0.2, 0) is 4.79 Å². The molecular weight excluding hydrogens is 238 g/mol. The van der Waals surface area contributed by atoms with E-state index in [1.54, 1.807) is 10.9 Å². The molecule has 1 aromatic heterocycles. The maximum atomic E-state index is 12.2. The van der Waals surface area contributed by atoms with Gasteiger partial charge in [0.25, 0.3) is 0 Å². The van der Waals surface area contributed by atoms with Crippen LogP contribution in [0.4, 0.5) is 0 Å². The fourth-order valence-corrected chi connectivity index (χ4v) is 2.72. The predicted octanol–water partition coefficient (Wildman–Crippen LogP) is 2.88. The average molecular weight is 255 g/mol. The van der Waals surface area contributed by atoms with Crippen molar-refractivity contribution < 1.29 is 4.79 Å². The summed E-state index contributed by atoms with van der Waals surface area (Å²) in [5.41, 5.74) is 1.89. The lowest BCUT2D eigenvalue weighted by molar-refractivity contribution is -0.120. The van der Waals surface area contributed by atoms with Crippen molar-refractivity contribution in [2.45, 2.75) is 38.0 Å². The second kappa shape index (κ2) is 5.34. The van der Waals surface area contributed by atoms with Crippen molar-refractivity contribution in [3.63, 3.8) is 0 Å². The summed E-state index contributed by atoms with van der Waals surface area (Å²) < 4.78 is 1.80. The second-order valence-corrected chi connectivity index (χ2v) is 5.02. The van der Waals surface area contributed by atoms with Gasteiger partial charge in [0.15, 0.2) is 0 Å². The number of para-hydroxylation sites is 1. The number of Topliss-reactive ketones (excluding diaryl/α,β-unsaturated/α-hetero) is 1. The highest BCUT2D eigenvalue weighted by Crippen LogP contribution is 2.29. The van der Waals surface area contributed by atoms with Crippen LogP contribution in [0.15, 0.2) is 36.5 Å². The predicted molar refractivity (Wildman–Crippen MR) is 72.2 cm³/mol. The van der Waals surface area contributed by atoms with Gasteiger partial charge in [0.1, 0.15) is 5.78 Å². The van der Waals surface area contributed by atoms with E-state index < -0.39 is 0 Å². The molecule has 19 heavy (non-hydrogen) atoms. The zero-order valence-corrected chi connectivity index (χ0v) is 10.8. The molecule has 0 amide bonds. The molecule has 1 atom stereocenters. The first kappa shape index (κ1) is 12.1. The molecule has 1 heterocycles. The molecule has 3 rings (SSSR count). The first-order chi connectivity index (χ1) is 9.36. The number of ketones is 1. The number of aromatic nitrogens is 3. The summed E-state index contributed by atoms with van der Waals surface area (Å²) in [5, 5.41) is 8.14. The van der Waals surface area contributed by atoms with Crippen LogP contribution < -0.4 is 0 Å². The van der Waals surface area contributed by atoms with E-state index >= 15 is 0 Å². The summed E-state index contributed by atoms with van der Waals surface area (Å²) in [5.74, 6) is 0.287. The van der Waals surface area contributed by atoms with E-state index in [1.165, 1.54) is 0 Å². The van der Waals surface area contributed by atoms with Gasteiger partial charge in [-0.15, -0.1) is 5.10 Å². The van der Waals surface area contributed by atoms with Gasteiger partial charge in [0, 0.05) is 6.42 Å². The van der Waals surface area contributed by atoms with E-state index in [4.69, 9.17) is 0 Å². The number of hydrogen-bond donors (Lipinski definition) is 0. The molecule has 98 valence electrons. The average Bonchev–Trinajstić information content (AvgIpc) is 2.83. The second-order valence-electron chi connectivity index (χ2n) is 5.02. The van der Waals surface area contributed by atoms with Gasteiger partial charge in [0.2, 0.25) is 0 Å². The van der Waals surface area contributed by atoms with E-state index in [0.717, 1.165) is 37.1 Å². The van der Waals surface area contributed by atoms with Gasteiger partial charge < -0.3 is 0 Å². The Morgan fingerprint density at radius 3 is 2.79 bits per heavy atom. The standard InChI is InChI=1S/C15H17N3O/c19-15-10-6-2-5-9-13(15)14-11-16-17-18(14)12-7-3-1-4-8-12/h1,3-4,7-8,11,13H,2,5-6,9-10H2. The quantitative estimate of drug-likeness (QED) is 0.775. The van der Waals surface area contributed by atoms with E-state index in [2.05, 4.69) is 10.3 Å². The molecule has 4 nitrogen and oxygen atoms in total. The van der Waals surface area contributed by atoms with E-state index in [1.807, 2.05) is 30.3 Å². The smallest absolute Gasteiger partial charge is 0.141 e. The Kier molecular flexibility index (Phi) is 3.40. The molecule has 0 saturated heterocycles. The topological polar surface area (TPSA) is 47.8 Å². The van der Waals surface area contributed by atoms with Gasteiger partial charge in [-0.2, -0.15) is 0 Å². The van der Waals surface area contributed by atoms with E-state index in [0.29, 0.717) is 12.2 Å². The number of benzene rings is 1. The number of carbonyl (C=O) groups is 1. The third-order valence-corrected chi connectivity index (χ3v) is 3.74. The molecule has 1 saturated carbocycles. The zero-order chi connectivity index (χ0) is 13.1. The van der Waals surface area contributed by atoms with Crippen molar-refractivity contribution in [3.05, 3.63) is 42.2 Å². The molecule has 1 fully saturated rings. The molecular formula is C15H17N3O. The van der Waals surface area contributed by atoms with Crippen molar-refractivity contribution in [1.29, 1.82) is 0 Å². The summed E-state index contributed by atoms with van der Waals surface area (Å²) >= 11 is 0. The number of nitrogens with zero attached hydrogens (tertiary/aromatic N) is 3. The lowest BCUT2D eigenvalue weighted by Gasteiger charge is -2.14. The Hall–Kier alpha value is -1.97. The Morgan fingerprint density at radius 1 is 1.11 bits per heavy atom. The van der Waals surface area contributed by atoms with Crippen molar-refractivity contribution in [2.75, 3.05) is 0 Å². The van der Waals surface area contributed by atoms with Crippen molar-refractivity contribution >= 4 is 5.78 Å². The Bertz CT molecular complexity index is 562. The molecule has 1 aliphatic rings. The molecule has 0 bridgehead atoms. The van der Waals surface area contributed by atoms with Crippen molar-refractivity contribution in [1.82, 2.24) is 15.0 Å². The van der Waals surface area contributed by atoms with Gasteiger partial charge in [-0.1, -0.05) is 36.3 Å². The maximum absolute atomic E-state index is 12.2. The maximum Gasteiger partial charge on any atom is 0.141 e. The number of hydrogen-bond acceptors (Lipinski definition) is 3. The van der Waals surface area contributed by atoms with Gasteiger partial charge in [0.05, 0.1) is 23.5 Å². The first-order valence-corrected chi connectivity index (χ1v) is 6.85. The van der Waals surface area contributed by atoms with Gasteiger partial charge in [-0.25, -0.2) is 4.68 Å². The minimum absolute atomic E-state index is 0.0438. The molecule has 0 N–H and O–H groups in total. The summed E-state index contributed by atoms with van der Waals surface area (Å²) in [4.78, 5) is 12.2. The first-order valence-electron chi connectivity index (χ1n) is 6.85. The molecule has 1 aromatic carbocycles. The molecule has 0 spiro atoms. The Balaban J connectivity index is 1.97. The lowest BCUT2D eigenvalue weighted by Crippen LogP contribution is -2.15. The summed E-state index contributed by atoms with van der Waals surface area (Å²) in [7, 11) is 0. The fourth-order valence-electron chi connectivity index (χ4n) is 2.72. The molecule has 1 unspecified atom stereocenters. The molecule has 0 radical (unpaired) electrons. The highest BCUT2D eigenvalue weighted by molar-refractivity contribution is 5.85. The number of rotatable bonds is 2. The third-order valence-electron chi connectivity index (χ3n) is 3.74. The zero-order valence-electron chi connectivity index (χ0n) is 10.8. The molecule has 4 heteroatoms. The van der Waals surface area contributed by atoms with E-state index in [-0.39, 0.29) is 5.92 Å². The third kappa shape index (κ3) is 2.43. The van der Waals surface area contributed by atoms with Crippen LogP contribution >= 0.6 is 0 Å². The SMILES string of the molecule is O=C1CCCCCC1c1cnnn1-c1ccccc1. The molecule has 2 aromatic rings. The van der Waals surface area contributed by atoms with Crippen LogP contribution in [0.25, 0.3) is 5.69 Å². The summed E-state index contributed by atoms with van der Waals surface area (Å²) in [6.45, 7) is 0.